The average molecular weight is 370 g/mol. The highest BCUT2D eigenvalue weighted by atomic mass is 16.5. The Kier molecular flexibility index (Phi) is 7.03. The molecule has 1 atom stereocenters. The summed E-state index contributed by atoms with van der Waals surface area (Å²) < 4.78 is 11.4. The SMILES string of the molecule is CCC(CNC(=O)COc1ccc(C(C)(C)C)cc1)(OC)c1ccccc1. The summed E-state index contributed by atoms with van der Waals surface area (Å²) >= 11 is 0. The van der Waals surface area contributed by atoms with E-state index in [-0.39, 0.29) is 17.9 Å². The molecule has 4 nitrogen and oxygen atoms in total. The number of carbonyl (C=O) groups is 1. The number of hydrogen-bond acceptors (Lipinski definition) is 3. The average Bonchev–Trinajstić information content (AvgIpc) is 2.68. The van der Waals surface area contributed by atoms with Gasteiger partial charge in [-0.15, -0.1) is 0 Å². The highest BCUT2D eigenvalue weighted by molar-refractivity contribution is 5.77. The van der Waals surface area contributed by atoms with Crippen molar-refractivity contribution in [1.29, 1.82) is 0 Å². The van der Waals surface area contributed by atoms with Gasteiger partial charge in [-0.2, -0.15) is 0 Å². The Bertz CT molecular complexity index is 714. The number of methoxy groups -OCH3 is 1. The van der Waals surface area contributed by atoms with E-state index in [0.717, 1.165) is 12.0 Å². The van der Waals surface area contributed by atoms with Gasteiger partial charge in [0, 0.05) is 7.11 Å². The topological polar surface area (TPSA) is 47.6 Å². The molecule has 0 bridgehead atoms. The summed E-state index contributed by atoms with van der Waals surface area (Å²) in [5, 5.41) is 2.94. The molecule has 2 aromatic carbocycles. The first-order valence-electron chi connectivity index (χ1n) is 9.41. The van der Waals surface area contributed by atoms with Crippen molar-refractivity contribution in [2.45, 2.75) is 45.1 Å². The molecule has 0 saturated carbocycles. The van der Waals surface area contributed by atoms with Crippen LogP contribution in [-0.2, 0) is 20.5 Å². The van der Waals surface area contributed by atoms with Crippen molar-refractivity contribution in [3.63, 3.8) is 0 Å². The smallest absolute Gasteiger partial charge is 0.258 e. The highest BCUT2D eigenvalue weighted by Crippen LogP contribution is 2.28. The molecule has 0 saturated heterocycles. The summed E-state index contributed by atoms with van der Waals surface area (Å²) in [5.74, 6) is 0.524. The van der Waals surface area contributed by atoms with E-state index < -0.39 is 5.60 Å². The number of hydrogen-bond donors (Lipinski definition) is 1. The molecule has 0 fully saturated rings. The van der Waals surface area contributed by atoms with Crippen molar-refractivity contribution < 1.29 is 14.3 Å². The van der Waals surface area contributed by atoms with Crippen molar-refractivity contribution in [3.05, 3.63) is 65.7 Å². The van der Waals surface area contributed by atoms with Crippen LogP contribution in [0.2, 0.25) is 0 Å². The standard InChI is InChI=1S/C23H31NO3/c1-6-23(26-5,19-10-8-7-9-11-19)17-24-21(25)16-27-20-14-12-18(13-15-20)22(2,3)4/h7-15H,6,16-17H2,1-5H3,(H,24,25). The molecule has 0 heterocycles. The number of benzene rings is 2. The summed E-state index contributed by atoms with van der Waals surface area (Å²) in [7, 11) is 1.68. The molecule has 2 aromatic rings. The van der Waals surface area contributed by atoms with Crippen LogP contribution in [-0.4, -0.2) is 26.2 Å². The van der Waals surface area contributed by atoms with E-state index in [2.05, 4.69) is 33.0 Å². The van der Waals surface area contributed by atoms with Gasteiger partial charge in [-0.1, -0.05) is 70.2 Å². The van der Waals surface area contributed by atoms with E-state index in [1.165, 1.54) is 5.56 Å². The molecule has 0 aliphatic rings. The van der Waals surface area contributed by atoms with E-state index in [0.29, 0.717) is 12.3 Å². The Morgan fingerprint density at radius 2 is 1.59 bits per heavy atom. The number of ether oxygens (including phenoxy) is 2. The molecule has 27 heavy (non-hydrogen) atoms. The van der Waals surface area contributed by atoms with Crippen LogP contribution in [0.3, 0.4) is 0 Å². The molecule has 1 amide bonds. The van der Waals surface area contributed by atoms with Gasteiger partial charge in [0.05, 0.1) is 6.54 Å². The fraction of sp³-hybridized carbons (Fsp3) is 0.435. The molecule has 0 aromatic heterocycles. The molecule has 0 spiro atoms. The van der Waals surface area contributed by atoms with Gasteiger partial charge in [0.1, 0.15) is 11.4 Å². The minimum absolute atomic E-state index is 0.0207. The Balaban J connectivity index is 1.91. The number of rotatable bonds is 8. The van der Waals surface area contributed by atoms with Crippen LogP contribution >= 0.6 is 0 Å². The summed E-state index contributed by atoms with van der Waals surface area (Å²) in [4.78, 5) is 12.3. The third kappa shape index (κ3) is 5.57. The van der Waals surface area contributed by atoms with Gasteiger partial charge in [0.15, 0.2) is 6.61 Å². The Labute approximate surface area is 162 Å². The molecule has 1 N–H and O–H groups in total. The lowest BCUT2D eigenvalue weighted by Crippen LogP contribution is -2.43. The lowest BCUT2D eigenvalue weighted by Gasteiger charge is -2.32. The van der Waals surface area contributed by atoms with Gasteiger partial charge < -0.3 is 14.8 Å². The van der Waals surface area contributed by atoms with Gasteiger partial charge in [0.25, 0.3) is 5.91 Å². The second kappa shape index (κ2) is 9.05. The predicted molar refractivity (Wildman–Crippen MR) is 109 cm³/mol. The van der Waals surface area contributed by atoms with Gasteiger partial charge in [-0.3, -0.25) is 4.79 Å². The molecule has 0 aliphatic heterocycles. The monoisotopic (exact) mass is 369 g/mol. The summed E-state index contributed by atoms with van der Waals surface area (Å²) in [6.07, 6.45) is 0.753. The second-order valence-electron chi connectivity index (χ2n) is 7.76. The van der Waals surface area contributed by atoms with Crippen molar-refractivity contribution in [1.82, 2.24) is 5.32 Å². The summed E-state index contributed by atoms with van der Waals surface area (Å²) in [6.45, 7) is 8.93. The molecule has 1 unspecified atom stereocenters. The van der Waals surface area contributed by atoms with E-state index in [1.807, 2.05) is 54.6 Å². The minimum Gasteiger partial charge on any atom is -0.484 e. The van der Waals surface area contributed by atoms with Crippen LogP contribution < -0.4 is 10.1 Å². The van der Waals surface area contributed by atoms with Crippen molar-refractivity contribution in [2.75, 3.05) is 20.3 Å². The van der Waals surface area contributed by atoms with Crippen molar-refractivity contribution in [2.24, 2.45) is 0 Å². The van der Waals surface area contributed by atoms with Gasteiger partial charge in [-0.05, 0) is 35.1 Å². The summed E-state index contributed by atoms with van der Waals surface area (Å²) in [6, 6.07) is 17.9. The first kappa shape index (κ1) is 21.0. The van der Waals surface area contributed by atoms with E-state index in [9.17, 15) is 4.79 Å². The lowest BCUT2D eigenvalue weighted by molar-refractivity contribution is -0.125. The molecule has 0 radical (unpaired) electrons. The fourth-order valence-corrected chi connectivity index (χ4v) is 3.00. The Morgan fingerprint density at radius 1 is 0.963 bits per heavy atom. The maximum atomic E-state index is 12.3. The van der Waals surface area contributed by atoms with Gasteiger partial charge >= 0.3 is 0 Å². The Hall–Kier alpha value is -2.33. The molecule has 146 valence electrons. The van der Waals surface area contributed by atoms with Crippen LogP contribution in [0.25, 0.3) is 0 Å². The van der Waals surface area contributed by atoms with E-state index >= 15 is 0 Å². The fourth-order valence-electron chi connectivity index (χ4n) is 3.00. The second-order valence-corrected chi connectivity index (χ2v) is 7.76. The molecule has 2 rings (SSSR count). The van der Waals surface area contributed by atoms with Crippen molar-refractivity contribution >= 4 is 5.91 Å². The molecular weight excluding hydrogens is 338 g/mol. The zero-order valence-corrected chi connectivity index (χ0v) is 17.0. The van der Waals surface area contributed by atoms with Crippen LogP contribution in [0, 0.1) is 0 Å². The molecule has 0 aliphatic carbocycles. The zero-order valence-electron chi connectivity index (χ0n) is 17.0. The van der Waals surface area contributed by atoms with Crippen LogP contribution in [0.1, 0.15) is 45.2 Å². The van der Waals surface area contributed by atoms with Crippen LogP contribution in [0.5, 0.6) is 5.75 Å². The van der Waals surface area contributed by atoms with E-state index in [1.54, 1.807) is 7.11 Å². The molecular formula is C23H31NO3. The zero-order chi connectivity index (χ0) is 19.9. The molecule has 4 heteroatoms. The minimum atomic E-state index is -0.536. The number of nitrogens with one attached hydrogen (secondary N) is 1. The maximum Gasteiger partial charge on any atom is 0.258 e. The first-order valence-corrected chi connectivity index (χ1v) is 9.41. The van der Waals surface area contributed by atoms with Gasteiger partial charge in [-0.25, -0.2) is 0 Å². The quantitative estimate of drug-likeness (QED) is 0.749. The predicted octanol–water partition coefficient (Wildman–Crippen LogP) is 4.43. The third-order valence-electron chi connectivity index (χ3n) is 4.92. The van der Waals surface area contributed by atoms with Crippen LogP contribution in [0.4, 0.5) is 0 Å². The Morgan fingerprint density at radius 3 is 2.11 bits per heavy atom. The number of carbonyl (C=O) groups excluding carboxylic acids is 1. The summed E-state index contributed by atoms with van der Waals surface area (Å²) in [5.41, 5.74) is 1.84. The highest BCUT2D eigenvalue weighted by Gasteiger charge is 2.30. The van der Waals surface area contributed by atoms with E-state index in [4.69, 9.17) is 9.47 Å². The first-order chi connectivity index (χ1) is 12.8. The third-order valence-corrected chi connectivity index (χ3v) is 4.92. The maximum absolute atomic E-state index is 12.3. The largest absolute Gasteiger partial charge is 0.484 e. The van der Waals surface area contributed by atoms with Crippen molar-refractivity contribution in [3.8, 4) is 5.75 Å². The number of amides is 1. The van der Waals surface area contributed by atoms with Crippen LogP contribution in [0.15, 0.2) is 54.6 Å². The van der Waals surface area contributed by atoms with Gasteiger partial charge in [0.2, 0.25) is 0 Å². The lowest BCUT2D eigenvalue weighted by atomic mass is 9.87. The normalized spacial score (nSPS) is 13.7.